The minimum absolute atomic E-state index is 0.0161. The van der Waals surface area contributed by atoms with Gasteiger partial charge in [-0.05, 0) is 17.7 Å². The Labute approximate surface area is 179 Å². The van der Waals surface area contributed by atoms with E-state index in [4.69, 9.17) is 10.2 Å². The normalized spacial score (nSPS) is 21.7. The molecule has 0 aromatic heterocycles. The van der Waals surface area contributed by atoms with Gasteiger partial charge in [0.2, 0.25) is 11.5 Å². The first-order valence-electron chi connectivity index (χ1n) is 9.80. The summed E-state index contributed by atoms with van der Waals surface area (Å²) in [5, 5.41) is 15.2. The largest absolute Gasteiger partial charge is 0.275 e. The summed E-state index contributed by atoms with van der Waals surface area (Å²) in [5.41, 5.74) is 3.20. The maximum Gasteiger partial charge on any atom is 0.269 e. The average Bonchev–Trinajstić information content (AvgIpc) is 2.85. The zero-order valence-electron chi connectivity index (χ0n) is 16.2. The molecule has 0 spiro atoms. The van der Waals surface area contributed by atoms with Gasteiger partial charge in [0.05, 0.1) is 11.9 Å². The van der Waals surface area contributed by atoms with Crippen molar-refractivity contribution in [2.24, 2.45) is 10.2 Å². The van der Waals surface area contributed by atoms with Gasteiger partial charge in [-0.15, -0.1) is 5.10 Å². The third kappa shape index (κ3) is 4.12. The quantitative estimate of drug-likeness (QED) is 0.444. The molecular formula is C22H22N7S+. The Morgan fingerprint density at radius 1 is 0.800 bits per heavy atom. The Hall–Kier alpha value is -3.04. The van der Waals surface area contributed by atoms with E-state index in [0.29, 0.717) is 12.5 Å². The van der Waals surface area contributed by atoms with Crippen molar-refractivity contribution in [1.82, 2.24) is 14.8 Å². The van der Waals surface area contributed by atoms with E-state index in [9.17, 15) is 0 Å². The Morgan fingerprint density at radius 3 is 2.17 bits per heavy atom. The van der Waals surface area contributed by atoms with Crippen LogP contribution in [0.4, 0.5) is 11.4 Å². The number of amidine groups is 1. The third-order valence-electron chi connectivity index (χ3n) is 4.90. The van der Waals surface area contributed by atoms with Crippen molar-refractivity contribution in [2.75, 3.05) is 11.7 Å². The number of azo groups is 2. The van der Waals surface area contributed by atoms with Gasteiger partial charge in [-0.2, -0.15) is 0 Å². The van der Waals surface area contributed by atoms with E-state index in [1.54, 1.807) is 0 Å². The minimum Gasteiger partial charge on any atom is -0.275 e. The van der Waals surface area contributed by atoms with Crippen LogP contribution < -0.4 is 19.8 Å². The van der Waals surface area contributed by atoms with Crippen molar-refractivity contribution < 1.29 is 4.70 Å². The van der Waals surface area contributed by atoms with Crippen LogP contribution in [0.25, 0.3) is 0 Å². The molecule has 2 aliphatic heterocycles. The molecule has 30 heavy (non-hydrogen) atoms. The molecule has 2 unspecified atom stereocenters. The molecule has 2 heterocycles. The monoisotopic (exact) mass is 416 g/mol. The lowest BCUT2D eigenvalue weighted by Gasteiger charge is -2.32. The topological polar surface area (TPSA) is 67.1 Å². The summed E-state index contributed by atoms with van der Waals surface area (Å²) in [6.07, 6.45) is -0.239. The number of hydrogen-bond acceptors (Lipinski definition) is 7. The fraction of sp³-hybridized carbons (Fsp3) is 0.136. The second kappa shape index (κ2) is 8.76. The molecule has 0 radical (unpaired) electrons. The minimum atomic E-state index is -0.223. The van der Waals surface area contributed by atoms with Crippen molar-refractivity contribution in [3.63, 3.8) is 0 Å². The number of benzene rings is 3. The smallest absolute Gasteiger partial charge is 0.269 e. The molecule has 0 saturated carbocycles. The maximum absolute atomic E-state index is 4.86. The van der Waals surface area contributed by atoms with Gasteiger partial charge in [-0.25, -0.2) is 14.5 Å². The highest BCUT2D eigenvalue weighted by atomic mass is 32.2. The molecule has 2 aliphatic rings. The summed E-state index contributed by atoms with van der Waals surface area (Å²) >= 11 is 1.45. The van der Waals surface area contributed by atoms with E-state index >= 15 is 0 Å². The van der Waals surface area contributed by atoms with Crippen molar-refractivity contribution in [3.8, 4) is 0 Å². The molecule has 1 fully saturated rings. The summed E-state index contributed by atoms with van der Waals surface area (Å²) in [4.78, 5) is 0. The van der Waals surface area contributed by atoms with Gasteiger partial charge in [0, 0.05) is 29.4 Å². The van der Waals surface area contributed by atoms with Gasteiger partial charge < -0.3 is 0 Å². The van der Waals surface area contributed by atoms with Crippen molar-refractivity contribution >= 4 is 29.3 Å². The zero-order chi connectivity index (χ0) is 20.2. The molecule has 2 atom stereocenters. The lowest BCUT2D eigenvalue weighted by atomic mass is 10.2. The summed E-state index contributed by atoms with van der Waals surface area (Å²) in [7, 11) is 0. The second-order valence-corrected chi connectivity index (χ2v) is 7.63. The lowest BCUT2D eigenvalue weighted by molar-refractivity contribution is -0.508. The van der Waals surface area contributed by atoms with Gasteiger partial charge in [-0.3, -0.25) is 5.32 Å². The van der Waals surface area contributed by atoms with E-state index in [0.717, 1.165) is 16.9 Å². The van der Waals surface area contributed by atoms with Crippen LogP contribution in [0.2, 0.25) is 0 Å². The third-order valence-corrected chi connectivity index (χ3v) is 5.61. The Bertz CT molecular complexity index is 1040. The fourth-order valence-corrected chi connectivity index (χ4v) is 4.06. The molecule has 3 N–H and O–H groups in total. The molecule has 0 amide bonds. The Kier molecular flexibility index (Phi) is 5.54. The summed E-state index contributed by atoms with van der Waals surface area (Å²) in [6.45, 7) is 0.539. The van der Waals surface area contributed by atoms with Gasteiger partial charge in [0.15, 0.2) is 0 Å². The van der Waals surface area contributed by atoms with Crippen LogP contribution in [0.15, 0.2) is 101 Å². The highest BCUT2D eigenvalue weighted by Gasteiger charge is 2.33. The standard InChI is InChI=1S/C22H22N7S/c1-4-10-17(11-5-1)20-23-21(27-30-26-20)22-24-28(18-12-6-2-7-13-18)16-29(25-22)19-14-8-3-9-15-19/h1-15,20-21,23,26-27H,16H2/q+1. The van der Waals surface area contributed by atoms with Crippen LogP contribution >= 0.6 is 12.1 Å². The highest BCUT2D eigenvalue weighted by molar-refractivity contribution is 7.95. The predicted molar refractivity (Wildman–Crippen MR) is 120 cm³/mol. The predicted octanol–water partition coefficient (Wildman–Crippen LogP) is 3.94. The van der Waals surface area contributed by atoms with Gasteiger partial charge in [-0.1, -0.05) is 71.4 Å². The molecule has 1 saturated heterocycles. The van der Waals surface area contributed by atoms with Gasteiger partial charge in [0.25, 0.3) is 6.67 Å². The maximum atomic E-state index is 4.86. The van der Waals surface area contributed by atoms with E-state index in [2.05, 4.69) is 51.2 Å². The van der Waals surface area contributed by atoms with Crippen LogP contribution in [0.5, 0.6) is 0 Å². The fourth-order valence-electron chi connectivity index (χ4n) is 3.38. The summed E-state index contributed by atoms with van der Waals surface area (Å²) < 4.78 is 8.69. The molecule has 3 aromatic carbocycles. The second-order valence-electron chi connectivity index (χ2n) is 6.95. The highest BCUT2D eigenvalue weighted by Crippen LogP contribution is 2.23. The molecule has 5 rings (SSSR count). The first kappa shape index (κ1) is 19.0. The molecule has 0 bridgehead atoms. The Balaban J connectivity index is 1.47. The number of nitrogens with zero attached hydrogens (tertiary/aromatic N) is 4. The first-order chi connectivity index (χ1) is 14.9. The van der Waals surface area contributed by atoms with Crippen LogP contribution in [-0.2, 0) is 0 Å². The number of anilines is 1. The SMILES string of the molecule is c1ccc(C2NSNC(C3=NN(c4ccccc4)C[N+](c4ccccc4)=N3)N2)cc1. The number of hydrogen-bond donors (Lipinski definition) is 3. The van der Waals surface area contributed by atoms with Crippen molar-refractivity contribution in [1.29, 1.82) is 0 Å². The molecule has 7 nitrogen and oxygen atoms in total. The molecular weight excluding hydrogens is 394 g/mol. The van der Waals surface area contributed by atoms with Gasteiger partial charge in [0.1, 0.15) is 6.17 Å². The van der Waals surface area contributed by atoms with Crippen molar-refractivity contribution in [3.05, 3.63) is 96.6 Å². The number of para-hydroxylation sites is 2. The molecule has 150 valence electrons. The van der Waals surface area contributed by atoms with Crippen molar-refractivity contribution in [2.45, 2.75) is 12.3 Å². The van der Waals surface area contributed by atoms with E-state index in [1.165, 1.54) is 12.1 Å². The summed E-state index contributed by atoms with van der Waals surface area (Å²) in [6, 6.07) is 30.6. The van der Waals surface area contributed by atoms with E-state index in [-0.39, 0.29) is 12.3 Å². The summed E-state index contributed by atoms with van der Waals surface area (Å²) in [5.74, 6) is 0.670. The lowest BCUT2D eigenvalue weighted by Crippen LogP contribution is -2.55. The average molecular weight is 417 g/mol. The zero-order valence-corrected chi connectivity index (χ0v) is 17.0. The van der Waals surface area contributed by atoms with E-state index < -0.39 is 0 Å². The van der Waals surface area contributed by atoms with Crippen LogP contribution in [0.3, 0.4) is 0 Å². The van der Waals surface area contributed by atoms with E-state index in [1.807, 2.05) is 64.3 Å². The van der Waals surface area contributed by atoms with Crippen LogP contribution in [0, 0.1) is 0 Å². The Morgan fingerprint density at radius 2 is 1.43 bits per heavy atom. The number of rotatable bonds is 4. The number of nitrogens with one attached hydrogen (secondary N) is 3. The molecule has 0 aliphatic carbocycles. The first-order valence-corrected chi connectivity index (χ1v) is 10.6. The van der Waals surface area contributed by atoms with Crippen LogP contribution in [0.1, 0.15) is 11.7 Å². The van der Waals surface area contributed by atoms with Crippen LogP contribution in [-0.4, -0.2) is 23.4 Å². The molecule has 8 heteroatoms. The molecule has 3 aromatic rings. The number of hydrazone groups is 1. The van der Waals surface area contributed by atoms with Gasteiger partial charge >= 0.3 is 0 Å².